The molecule has 1 saturated carbocycles. The number of hydrogen-bond donors (Lipinski definition) is 1. The highest BCUT2D eigenvalue weighted by molar-refractivity contribution is 5.25. The van der Waals surface area contributed by atoms with Crippen LogP contribution in [-0.2, 0) is 4.74 Å². The summed E-state index contributed by atoms with van der Waals surface area (Å²) in [5.41, 5.74) is 2.78. The van der Waals surface area contributed by atoms with E-state index in [-0.39, 0.29) is 0 Å². The molecule has 0 aliphatic heterocycles. The molecule has 1 N–H and O–H groups in total. The van der Waals surface area contributed by atoms with Crippen LogP contribution < -0.4 is 5.32 Å². The van der Waals surface area contributed by atoms with Gasteiger partial charge in [-0.2, -0.15) is 0 Å². The Kier molecular flexibility index (Phi) is 5.21. The van der Waals surface area contributed by atoms with Crippen molar-refractivity contribution in [2.24, 2.45) is 5.92 Å². The third-order valence-electron chi connectivity index (χ3n) is 3.56. The molecule has 1 atom stereocenters. The predicted octanol–water partition coefficient (Wildman–Crippen LogP) is 3.46. The Morgan fingerprint density at radius 1 is 1.28 bits per heavy atom. The van der Waals surface area contributed by atoms with Crippen molar-refractivity contribution >= 4 is 0 Å². The van der Waals surface area contributed by atoms with Crippen molar-refractivity contribution in [1.82, 2.24) is 5.32 Å². The number of ether oxygens (including phenoxy) is 1. The van der Waals surface area contributed by atoms with Gasteiger partial charge in [0.1, 0.15) is 0 Å². The van der Waals surface area contributed by atoms with Gasteiger partial charge in [0.25, 0.3) is 0 Å². The van der Waals surface area contributed by atoms with Crippen molar-refractivity contribution in [3.8, 4) is 0 Å². The van der Waals surface area contributed by atoms with Gasteiger partial charge < -0.3 is 10.1 Å². The van der Waals surface area contributed by atoms with E-state index in [0.29, 0.717) is 6.04 Å². The molecule has 1 aliphatic rings. The van der Waals surface area contributed by atoms with Gasteiger partial charge in [-0.05, 0) is 51.1 Å². The summed E-state index contributed by atoms with van der Waals surface area (Å²) in [6, 6.07) is 9.52. The van der Waals surface area contributed by atoms with Crippen LogP contribution in [0.25, 0.3) is 0 Å². The van der Waals surface area contributed by atoms with E-state index in [2.05, 4.69) is 36.5 Å². The minimum atomic E-state index is 0.548. The lowest BCUT2D eigenvalue weighted by molar-refractivity contribution is 0.144. The van der Waals surface area contributed by atoms with Crippen molar-refractivity contribution < 1.29 is 4.74 Å². The molecule has 2 heteroatoms. The maximum atomic E-state index is 5.37. The van der Waals surface area contributed by atoms with E-state index in [9.17, 15) is 0 Å². The van der Waals surface area contributed by atoms with Gasteiger partial charge in [-0.15, -0.1) is 0 Å². The molecule has 0 spiro atoms. The molecular formula is C16H25NO. The van der Waals surface area contributed by atoms with Crippen molar-refractivity contribution in [3.63, 3.8) is 0 Å². The van der Waals surface area contributed by atoms with Gasteiger partial charge in [0.2, 0.25) is 0 Å². The average molecular weight is 247 g/mol. The van der Waals surface area contributed by atoms with E-state index in [1.54, 1.807) is 0 Å². The SMILES string of the molecule is CCOCCCNC(c1ccc(C)cc1)C1CC1. The van der Waals surface area contributed by atoms with Crippen molar-refractivity contribution in [1.29, 1.82) is 0 Å². The second kappa shape index (κ2) is 6.91. The highest BCUT2D eigenvalue weighted by atomic mass is 16.5. The molecule has 1 unspecified atom stereocenters. The van der Waals surface area contributed by atoms with E-state index >= 15 is 0 Å². The quantitative estimate of drug-likeness (QED) is 0.710. The number of nitrogens with one attached hydrogen (secondary N) is 1. The number of rotatable bonds is 8. The zero-order chi connectivity index (χ0) is 12.8. The Morgan fingerprint density at radius 2 is 2.00 bits per heavy atom. The minimum Gasteiger partial charge on any atom is -0.382 e. The largest absolute Gasteiger partial charge is 0.382 e. The topological polar surface area (TPSA) is 21.3 Å². The van der Waals surface area contributed by atoms with Crippen LogP contribution in [0.5, 0.6) is 0 Å². The lowest BCUT2D eigenvalue weighted by Crippen LogP contribution is -2.25. The van der Waals surface area contributed by atoms with Crippen LogP contribution in [0.3, 0.4) is 0 Å². The Morgan fingerprint density at radius 3 is 2.61 bits per heavy atom. The zero-order valence-corrected chi connectivity index (χ0v) is 11.6. The van der Waals surface area contributed by atoms with E-state index in [4.69, 9.17) is 4.74 Å². The summed E-state index contributed by atoms with van der Waals surface area (Å²) in [5.74, 6) is 0.847. The standard InChI is InChI=1S/C16H25NO/c1-3-18-12-4-11-17-16(15-9-10-15)14-7-5-13(2)6-8-14/h5-8,15-17H,3-4,9-12H2,1-2H3. The third kappa shape index (κ3) is 4.11. The van der Waals surface area contributed by atoms with Gasteiger partial charge in [0, 0.05) is 19.3 Å². The molecule has 2 nitrogen and oxygen atoms in total. The first-order valence-corrected chi connectivity index (χ1v) is 7.19. The Labute approximate surface area is 111 Å². The third-order valence-corrected chi connectivity index (χ3v) is 3.56. The lowest BCUT2D eigenvalue weighted by Gasteiger charge is -2.19. The van der Waals surface area contributed by atoms with E-state index in [1.807, 2.05) is 6.92 Å². The zero-order valence-electron chi connectivity index (χ0n) is 11.6. The van der Waals surface area contributed by atoms with Gasteiger partial charge >= 0.3 is 0 Å². The fraction of sp³-hybridized carbons (Fsp3) is 0.625. The van der Waals surface area contributed by atoms with Gasteiger partial charge in [0.15, 0.2) is 0 Å². The summed E-state index contributed by atoms with van der Waals surface area (Å²) in [6.45, 7) is 6.94. The molecule has 1 aromatic rings. The molecule has 0 saturated heterocycles. The first-order valence-electron chi connectivity index (χ1n) is 7.19. The smallest absolute Gasteiger partial charge is 0.0477 e. The van der Waals surface area contributed by atoms with E-state index in [0.717, 1.165) is 32.1 Å². The molecule has 100 valence electrons. The van der Waals surface area contributed by atoms with E-state index < -0.39 is 0 Å². The molecule has 0 aromatic heterocycles. The number of hydrogen-bond acceptors (Lipinski definition) is 2. The Bertz CT molecular complexity index is 343. The maximum absolute atomic E-state index is 5.37. The van der Waals surface area contributed by atoms with Gasteiger partial charge in [0.05, 0.1) is 0 Å². The monoisotopic (exact) mass is 247 g/mol. The molecule has 0 bridgehead atoms. The number of aryl methyl sites for hydroxylation is 1. The Balaban J connectivity index is 1.82. The van der Waals surface area contributed by atoms with Crippen LogP contribution in [0.1, 0.15) is 43.4 Å². The molecule has 0 radical (unpaired) electrons. The molecule has 0 heterocycles. The fourth-order valence-electron chi connectivity index (χ4n) is 2.34. The normalized spacial score (nSPS) is 16.8. The maximum Gasteiger partial charge on any atom is 0.0477 e. The summed E-state index contributed by atoms with van der Waals surface area (Å²) in [4.78, 5) is 0. The van der Waals surface area contributed by atoms with Crippen molar-refractivity contribution in [2.75, 3.05) is 19.8 Å². The molecular weight excluding hydrogens is 222 g/mol. The van der Waals surface area contributed by atoms with E-state index in [1.165, 1.54) is 24.0 Å². The first-order chi connectivity index (χ1) is 8.81. The first kappa shape index (κ1) is 13.6. The molecule has 1 aromatic carbocycles. The van der Waals surface area contributed by atoms with Gasteiger partial charge in [-0.3, -0.25) is 0 Å². The van der Waals surface area contributed by atoms with Crippen molar-refractivity contribution in [3.05, 3.63) is 35.4 Å². The molecule has 1 fully saturated rings. The van der Waals surface area contributed by atoms with Gasteiger partial charge in [-0.1, -0.05) is 29.8 Å². The van der Waals surface area contributed by atoms with Crippen LogP contribution in [0, 0.1) is 12.8 Å². The summed E-state index contributed by atoms with van der Waals surface area (Å²) in [6.07, 6.45) is 3.84. The fourth-order valence-corrected chi connectivity index (χ4v) is 2.34. The lowest BCUT2D eigenvalue weighted by atomic mass is 10.0. The summed E-state index contributed by atoms with van der Waals surface area (Å²) in [5, 5.41) is 3.70. The van der Waals surface area contributed by atoms with Crippen LogP contribution in [-0.4, -0.2) is 19.8 Å². The highest BCUT2D eigenvalue weighted by Crippen LogP contribution is 2.40. The van der Waals surface area contributed by atoms with Gasteiger partial charge in [-0.25, -0.2) is 0 Å². The van der Waals surface area contributed by atoms with Crippen LogP contribution >= 0.6 is 0 Å². The van der Waals surface area contributed by atoms with Crippen LogP contribution in [0.15, 0.2) is 24.3 Å². The molecule has 18 heavy (non-hydrogen) atoms. The average Bonchev–Trinajstić information content (AvgIpc) is 3.20. The van der Waals surface area contributed by atoms with Crippen molar-refractivity contribution in [2.45, 2.75) is 39.2 Å². The molecule has 2 rings (SSSR count). The predicted molar refractivity (Wildman–Crippen MR) is 75.8 cm³/mol. The summed E-state index contributed by atoms with van der Waals surface area (Å²) >= 11 is 0. The Hall–Kier alpha value is -0.860. The molecule has 1 aliphatic carbocycles. The minimum absolute atomic E-state index is 0.548. The van der Waals surface area contributed by atoms with Crippen LogP contribution in [0.2, 0.25) is 0 Å². The second-order valence-corrected chi connectivity index (χ2v) is 5.23. The summed E-state index contributed by atoms with van der Waals surface area (Å²) in [7, 11) is 0. The summed E-state index contributed by atoms with van der Waals surface area (Å²) < 4.78 is 5.37. The highest BCUT2D eigenvalue weighted by Gasteiger charge is 2.31. The van der Waals surface area contributed by atoms with Crippen LogP contribution in [0.4, 0.5) is 0 Å². The number of benzene rings is 1. The molecule has 0 amide bonds. The second-order valence-electron chi connectivity index (χ2n) is 5.23.